The van der Waals surface area contributed by atoms with Crippen molar-refractivity contribution in [3.05, 3.63) is 22.8 Å². The van der Waals surface area contributed by atoms with E-state index in [1.54, 1.807) is 0 Å². The van der Waals surface area contributed by atoms with Crippen LogP contribution in [-0.2, 0) is 17.6 Å². The fraction of sp³-hybridized carbons (Fsp3) is 0.765. The maximum atomic E-state index is 5.68. The molecular formula is C17H29N3O. The largest absolute Gasteiger partial charge is 0.378 e. The summed E-state index contributed by atoms with van der Waals surface area (Å²) in [7, 11) is 0. The topological polar surface area (TPSA) is 47.0 Å². The van der Waals surface area contributed by atoms with E-state index >= 15 is 0 Å². The highest BCUT2D eigenvalue weighted by Gasteiger charge is 2.18. The van der Waals surface area contributed by atoms with E-state index in [1.807, 2.05) is 0 Å². The number of hydrogen-bond acceptors (Lipinski definition) is 4. The van der Waals surface area contributed by atoms with Crippen molar-refractivity contribution in [3.8, 4) is 0 Å². The lowest BCUT2D eigenvalue weighted by Crippen LogP contribution is -2.17. The van der Waals surface area contributed by atoms with Gasteiger partial charge in [-0.05, 0) is 64.6 Å². The van der Waals surface area contributed by atoms with Crippen LogP contribution in [0.3, 0.4) is 0 Å². The molecule has 2 rings (SSSR count). The number of hydrogen-bond donors (Lipinski definition) is 1. The van der Waals surface area contributed by atoms with Gasteiger partial charge in [-0.1, -0.05) is 6.92 Å². The molecule has 0 aromatic carbocycles. The second-order valence-electron chi connectivity index (χ2n) is 5.98. The number of ether oxygens (including phenoxy) is 1. The van der Waals surface area contributed by atoms with E-state index in [9.17, 15) is 0 Å². The average molecular weight is 291 g/mol. The van der Waals surface area contributed by atoms with Crippen molar-refractivity contribution in [1.29, 1.82) is 0 Å². The van der Waals surface area contributed by atoms with Gasteiger partial charge in [0.15, 0.2) is 0 Å². The molecule has 0 aliphatic carbocycles. The molecule has 118 valence electrons. The molecule has 1 saturated heterocycles. The van der Waals surface area contributed by atoms with E-state index in [-0.39, 0.29) is 0 Å². The van der Waals surface area contributed by atoms with Crippen LogP contribution in [0.1, 0.15) is 55.4 Å². The van der Waals surface area contributed by atoms with Gasteiger partial charge >= 0.3 is 0 Å². The standard InChI is InChI=1S/C17H29N3O/c1-4-9-18-10-5-8-16-13(2)19-17(20-14(16)3)12-15-7-6-11-21-15/h15,18H,4-12H2,1-3H3. The Kier molecular flexibility index (Phi) is 6.58. The Labute approximate surface area is 128 Å². The second-order valence-corrected chi connectivity index (χ2v) is 5.98. The minimum Gasteiger partial charge on any atom is -0.378 e. The van der Waals surface area contributed by atoms with Gasteiger partial charge in [-0.3, -0.25) is 0 Å². The molecule has 0 spiro atoms. The number of nitrogens with one attached hydrogen (secondary N) is 1. The van der Waals surface area contributed by atoms with Crippen LogP contribution in [-0.4, -0.2) is 35.8 Å². The Balaban J connectivity index is 1.89. The van der Waals surface area contributed by atoms with Crippen LogP contribution in [0.5, 0.6) is 0 Å². The first-order valence-electron chi connectivity index (χ1n) is 8.36. The third-order valence-electron chi connectivity index (χ3n) is 4.11. The zero-order valence-corrected chi connectivity index (χ0v) is 13.7. The fourth-order valence-electron chi connectivity index (χ4n) is 2.96. The van der Waals surface area contributed by atoms with Gasteiger partial charge in [-0.15, -0.1) is 0 Å². The first-order valence-corrected chi connectivity index (χ1v) is 8.36. The maximum absolute atomic E-state index is 5.68. The van der Waals surface area contributed by atoms with Crippen LogP contribution in [0.25, 0.3) is 0 Å². The van der Waals surface area contributed by atoms with Crippen LogP contribution in [0.15, 0.2) is 0 Å². The van der Waals surface area contributed by atoms with Crippen LogP contribution in [0.4, 0.5) is 0 Å². The first-order chi connectivity index (χ1) is 10.2. The molecule has 0 saturated carbocycles. The predicted octanol–water partition coefficient (Wildman–Crippen LogP) is 2.75. The zero-order valence-electron chi connectivity index (χ0n) is 13.7. The van der Waals surface area contributed by atoms with Crippen LogP contribution < -0.4 is 5.32 Å². The Morgan fingerprint density at radius 2 is 1.95 bits per heavy atom. The van der Waals surface area contributed by atoms with Crippen LogP contribution in [0.2, 0.25) is 0 Å². The van der Waals surface area contributed by atoms with Crippen molar-refractivity contribution in [2.75, 3.05) is 19.7 Å². The molecule has 1 N–H and O–H groups in total. The van der Waals surface area contributed by atoms with E-state index in [0.717, 1.165) is 62.6 Å². The summed E-state index contributed by atoms with van der Waals surface area (Å²) in [4.78, 5) is 9.40. The summed E-state index contributed by atoms with van der Waals surface area (Å²) in [6, 6.07) is 0. The van der Waals surface area contributed by atoms with Gasteiger partial charge in [0, 0.05) is 24.4 Å². The van der Waals surface area contributed by atoms with Crippen molar-refractivity contribution >= 4 is 0 Å². The van der Waals surface area contributed by atoms with Gasteiger partial charge in [0.1, 0.15) is 5.82 Å². The third kappa shape index (κ3) is 5.04. The summed E-state index contributed by atoms with van der Waals surface area (Å²) in [6.07, 6.45) is 6.91. The van der Waals surface area contributed by atoms with Gasteiger partial charge < -0.3 is 10.1 Å². The van der Waals surface area contributed by atoms with Crippen molar-refractivity contribution in [2.24, 2.45) is 0 Å². The van der Waals surface area contributed by atoms with Crippen molar-refractivity contribution in [3.63, 3.8) is 0 Å². The van der Waals surface area contributed by atoms with E-state index in [0.29, 0.717) is 6.10 Å². The molecule has 4 heteroatoms. The van der Waals surface area contributed by atoms with Gasteiger partial charge in [0.05, 0.1) is 6.10 Å². The SMILES string of the molecule is CCCNCCCc1c(C)nc(CC2CCCO2)nc1C. The Morgan fingerprint density at radius 3 is 2.57 bits per heavy atom. The summed E-state index contributed by atoms with van der Waals surface area (Å²) in [6.45, 7) is 9.50. The van der Waals surface area contributed by atoms with E-state index < -0.39 is 0 Å². The molecule has 1 unspecified atom stereocenters. The molecule has 4 nitrogen and oxygen atoms in total. The molecule has 1 aliphatic heterocycles. The molecule has 1 atom stereocenters. The van der Waals surface area contributed by atoms with E-state index in [2.05, 4.69) is 26.1 Å². The van der Waals surface area contributed by atoms with E-state index in [1.165, 1.54) is 18.4 Å². The number of nitrogens with zero attached hydrogens (tertiary/aromatic N) is 2. The average Bonchev–Trinajstić information content (AvgIpc) is 2.94. The fourth-order valence-corrected chi connectivity index (χ4v) is 2.96. The molecule has 1 fully saturated rings. The van der Waals surface area contributed by atoms with Gasteiger partial charge in [-0.2, -0.15) is 0 Å². The van der Waals surface area contributed by atoms with Crippen molar-refractivity contribution < 1.29 is 4.74 Å². The zero-order chi connectivity index (χ0) is 15.1. The van der Waals surface area contributed by atoms with Crippen LogP contribution >= 0.6 is 0 Å². The highest BCUT2D eigenvalue weighted by atomic mass is 16.5. The summed E-state index contributed by atoms with van der Waals surface area (Å²) in [5, 5.41) is 3.45. The lowest BCUT2D eigenvalue weighted by atomic mass is 10.1. The summed E-state index contributed by atoms with van der Waals surface area (Å²) < 4.78 is 5.68. The second kappa shape index (κ2) is 8.44. The van der Waals surface area contributed by atoms with Gasteiger partial charge in [0.25, 0.3) is 0 Å². The van der Waals surface area contributed by atoms with Crippen molar-refractivity contribution in [2.45, 2.75) is 65.4 Å². The quantitative estimate of drug-likeness (QED) is 0.748. The minimum atomic E-state index is 0.327. The molecule has 1 aromatic heterocycles. The van der Waals surface area contributed by atoms with Crippen LogP contribution in [0, 0.1) is 13.8 Å². The summed E-state index contributed by atoms with van der Waals surface area (Å²) in [5.41, 5.74) is 3.61. The molecule has 0 amide bonds. The number of aryl methyl sites for hydroxylation is 2. The highest BCUT2D eigenvalue weighted by molar-refractivity contribution is 5.24. The van der Waals surface area contributed by atoms with Gasteiger partial charge in [-0.25, -0.2) is 9.97 Å². The normalized spacial score (nSPS) is 18.3. The lowest BCUT2D eigenvalue weighted by Gasteiger charge is -2.13. The maximum Gasteiger partial charge on any atom is 0.131 e. The minimum absolute atomic E-state index is 0.327. The van der Waals surface area contributed by atoms with E-state index in [4.69, 9.17) is 14.7 Å². The number of rotatable bonds is 8. The molecule has 0 radical (unpaired) electrons. The summed E-state index contributed by atoms with van der Waals surface area (Å²) in [5.74, 6) is 0.949. The Bertz CT molecular complexity index is 419. The monoisotopic (exact) mass is 291 g/mol. The Hall–Kier alpha value is -1.00. The van der Waals surface area contributed by atoms with Gasteiger partial charge in [0.2, 0.25) is 0 Å². The molecule has 21 heavy (non-hydrogen) atoms. The highest BCUT2D eigenvalue weighted by Crippen LogP contribution is 2.18. The predicted molar refractivity (Wildman–Crippen MR) is 85.7 cm³/mol. The molecule has 1 aromatic rings. The lowest BCUT2D eigenvalue weighted by molar-refractivity contribution is 0.110. The summed E-state index contributed by atoms with van der Waals surface area (Å²) >= 11 is 0. The molecular weight excluding hydrogens is 262 g/mol. The molecule has 1 aliphatic rings. The Morgan fingerprint density at radius 1 is 1.19 bits per heavy atom. The smallest absolute Gasteiger partial charge is 0.131 e. The third-order valence-corrected chi connectivity index (χ3v) is 4.11. The molecule has 2 heterocycles. The first kappa shape index (κ1) is 16.4. The van der Waals surface area contributed by atoms with Crippen molar-refractivity contribution in [1.82, 2.24) is 15.3 Å². The molecule has 0 bridgehead atoms. The number of aromatic nitrogens is 2.